The Kier molecular flexibility index (Phi) is 4.51. The lowest BCUT2D eigenvalue weighted by atomic mass is 9.97. The minimum absolute atomic E-state index is 0.0260. The predicted octanol–water partition coefficient (Wildman–Crippen LogP) is 4.16. The molecule has 4 aromatic rings. The van der Waals surface area contributed by atoms with Crippen LogP contribution in [0.4, 0.5) is 5.82 Å². The number of aryl methyl sites for hydroxylation is 2. The van der Waals surface area contributed by atoms with E-state index in [-0.39, 0.29) is 22.6 Å². The van der Waals surface area contributed by atoms with Gasteiger partial charge in [0.25, 0.3) is 5.91 Å². The summed E-state index contributed by atoms with van der Waals surface area (Å²) in [6.45, 7) is 3.62. The van der Waals surface area contributed by atoms with E-state index in [0.29, 0.717) is 33.8 Å². The maximum Gasteiger partial charge on any atom is 0.296 e. The van der Waals surface area contributed by atoms with E-state index in [9.17, 15) is 9.59 Å². The monoisotopic (exact) mass is 432 g/mol. The van der Waals surface area contributed by atoms with Crippen LogP contribution in [0.3, 0.4) is 0 Å². The van der Waals surface area contributed by atoms with E-state index in [1.165, 1.54) is 19.1 Å². The van der Waals surface area contributed by atoms with Crippen molar-refractivity contribution in [3.8, 4) is 11.5 Å². The van der Waals surface area contributed by atoms with Crippen molar-refractivity contribution < 1.29 is 23.2 Å². The molecular formula is C24H20N2O6. The number of methoxy groups -OCH3 is 2. The summed E-state index contributed by atoms with van der Waals surface area (Å²) in [5.41, 5.74) is 1.77. The lowest BCUT2D eigenvalue weighted by Crippen LogP contribution is -2.30. The first-order chi connectivity index (χ1) is 15.4. The molecule has 32 heavy (non-hydrogen) atoms. The maximum atomic E-state index is 13.7. The number of benzene rings is 2. The van der Waals surface area contributed by atoms with Gasteiger partial charge in [-0.3, -0.25) is 14.5 Å². The highest BCUT2D eigenvalue weighted by molar-refractivity contribution is 6.10. The van der Waals surface area contributed by atoms with Crippen LogP contribution < -0.4 is 19.8 Å². The van der Waals surface area contributed by atoms with Crippen molar-refractivity contribution in [3.63, 3.8) is 0 Å². The van der Waals surface area contributed by atoms with E-state index in [0.717, 1.165) is 5.56 Å². The zero-order chi connectivity index (χ0) is 22.6. The summed E-state index contributed by atoms with van der Waals surface area (Å²) in [5.74, 6) is 1.18. The average Bonchev–Trinajstić information content (AvgIpc) is 3.34. The highest BCUT2D eigenvalue weighted by Crippen LogP contribution is 2.46. The number of aromatic nitrogens is 1. The Bertz CT molecular complexity index is 1430. The van der Waals surface area contributed by atoms with Crippen molar-refractivity contribution in [1.29, 1.82) is 0 Å². The number of fused-ring (bicyclic) bond motifs is 2. The number of nitrogens with zero attached hydrogens (tertiary/aromatic N) is 2. The number of amides is 1. The highest BCUT2D eigenvalue weighted by atomic mass is 16.5. The van der Waals surface area contributed by atoms with Crippen LogP contribution in [0.25, 0.3) is 11.0 Å². The Morgan fingerprint density at radius 2 is 1.84 bits per heavy atom. The molecular weight excluding hydrogens is 412 g/mol. The van der Waals surface area contributed by atoms with Gasteiger partial charge >= 0.3 is 0 Å². The number of hydrogen-bond donors (Lipinski definition) is 0. The van der Waals surface area contributed by atoms with Crippen molar-refractivity contribution >= 4 is 22.7 Å². The summed E-state index contributed by atoms with van der Waals surface area (Å²) in [5, 5.41) is 4.44. The number of hydrogen-bond acceptors (Lipinski definition) is 7. The summed E-state index contributed by atoms with van der Waals surface area (Å²) in [4.78, 5) is 28.6. The molecule has 2 aromatic carbocycles. The number of anilines is 1. The Labute approximate surface area is 182 Å². The molecule has 0 unspecified atom stereocenters. The standard InChI is InChI=1S/C24H20N2O6/c1-12-8-9-16-15(10-12)21(27)19-20(14-6-5-7-17(29-3)22(14)30-4)26(24(28)23(19)31-16)18-11-13(2)32-25-18/h5-11,20H,1-4H3/t20-/m0/s1. The Morgan fingerprint density at radius 1 is 1.03 bits per heavy atom. The van der Waals surface area contributed by atoms with E-state index in [4.69, 9.17) is 18.4 Å². The average molecular weight is 432 g/mol. The Balaban J connectivity index is 1.86. The van der Waals surface area contributed by atoms with Gasteiger partial charge < -0.3 is 18.4 Å². The van der Waals surface area contributed by atoms with Crippen LogP contribution in [-0.2, 0) is 0 Å². The number of rotatable bonds is 4. The molecule has 162 valence electrons. The van der Waals surface area contributed by atoms with Gasteiger partial charge in [0, 0.05) is 11.6 Å². The fourth-order valence-electron chi connectivity index (χ4n) is 4.21. The van der Waals surface area contributed by atoms with Crippen molar-refractivity contribution in [3.05, 3.63) is 80.9 Å². The topological polar surface area (TPSA) is 95.0 Å². The molecule has 0 aliphatic carbocycles. The van der Waals surface area contributed by atoms with Gasteiger partial charge in [-0.25, -0.2) is 0 Å². The van der Waals surface area contributed by atoms with Gasteiger partial charge in [-0.2, -0.15) is 0 Å². The zero-order valence-corrected chi connectivity index (χ0v) is 18.0. The normalized spacial score (nSPS) is 15.3. The van der Waals surface area contributed by atoms with E-state index >= 15 is 0 Å². The fourth-order valence-corrected chi connectivity index (χ4v) is 4.21. The first kappa shape index (κ1) is 19.9. The van der Waals surface area contributed by atoms with Crippen LogP contribution in [0.2, 0.25) is 0 Å². The summed E-state index contributed by atoms with van der Waals surface area (Å²) >= 11 is 0. The molecule has 0 bridgehead atoms. The third kappa shape index (κ3) is 2.80. The minimum atomic E-state index is -0.840. The maximum absolute atomic E-state index is 13.7. The van der Waals surface area contributed by atoms with E-state index in [1.54, 1.807) is 43.3 Å². The molecule has 0 spiro atoms. The molecule has 5 rings (SSSR count). The second-order valence-corrected chi connectivity index (χ2v) is 7.63. The third-order valence-electron chi connectivity index (χ3n) is 5.62. The first-order valence-electron chi connectivity index (χ1n) is 9.99. The highest BCUT2D eigenvalue weighted by Gasteiger charge is 2.46. The second-order valence-electron chi connectivity index (χ2n) is 7.63. The molecule has 3 heterocycles. The van der Waals surface area contributed by atoms with Gasteiger partial charge in [0.15, 0.2) is 22.7 Å². The SMILES string of the molecule is COc1cccc([C@H]2c3c(oc4ccc(C)cc4c3=O)C(=O)N2c2cc(C)on2)c1OC. The third-order valence-corrected chi connectivity index (χ3v) is 5.62. The predicted molar refractivity (Wildman–Crippen MR) is 117 cm³/mol. The van der Waals surface area contributed by atoms with Gasteiger partial charge in [0.2, 0.25) is 5.76 Å². The Hall–Kier alpha value is -4.07. The molecule has 0 radical (unpaired) electrons. The molecule has 0 saturated carbocycles. The van der Waals surface area contributed by atoms with Gasteiger partial charge in [-0.1, -0.05) is 28.9 Å². The van der Waals surface area contributed by atoms with Crippen LogP contribution in [0.5, 0.6) is 11.5 Å². The smallest absolute Gasteiger partial charge is 0.296 e. The van der Waals surface area contributed by atoms with Gasteiger partial charge in [-0.05, 0) is 32.0 Å². The fraction of sp³-hybridized carbons (Fsp3) is 0.208. The molecule has 0 N–H and O–H groups in total. The summed E-state index contributed by atoms with van der Waals surface area (Å²) in [7, 11) is 3.04. The van der Waals surface area contributed by atoms with Crippen LogP contribution >= 0.6 is 0 Å². The lowest BCUT2D eigenvalue weighted by molar-refractivity contribution is 0.0969. The molecule has 8 nitrogen and oxygen atoms in total. The Morgan fingerprint density at radius 3 is 2.53 bits per heavy atom. The molecule has 1 aliphatic rings. The molecule has 1 aliphatic heterocycles. The largest absolute Gasteiger partial charge is 0.493 e. The molecule has 0 saturated heterocycles. The van der Waals surface area contributed by atoms with Crippen molar-refractivity contribution in [2.24, 2.45) is 0 Å². The van der Waals surface area contributed by atoms with Crippen LogP contribution in [0.15, 0.2) is 56.2 Å². The minimum Gasteiger partial charge on any atom is -0.493 e. The van der Waals surface area contributed by atoms with E-state index in [1.807, 2.05) is 13.0 Å². The lowest BCUT2D eigenvalue weighted by Gasteiger charge is -2.24. The van der Waals surface area contributed by atoms with Crippen LogP contribution in [0.1, 0.15) is 39.0 Å². The number of para-hydroxylation sites is 1. The second kappa shape index (κ2) is 7.26. The number of ether oxygens (including phenoxy) is 2. The molecule has 1 atom stereocenters. The van der Waals surface area contributed by atoms with Gasteiger partial charge in [-0.15, -0.1) is 0 Å². The van der Waals surface area contributed by atoms with E-state index in [2.05, 4.69) is 5.16 Å². The van der Waals surface area contributed by atoms with E-state index < -0.39 is 11.9 Å². The summed E-state index contributed by atoms with van der Waals surface area (Å²) < 4.78 is 22.3. The molecule has 0 fully saturated rings. The summed E-state index contributed by atoms with van der Waals surface area (Å²) in [6, 6.07) is 11.4. The van der Waals surface area contributed by atoms with Crippen LogP contribution in [0, 0.1) is 13.8 Å². The number of carbonyl (C=O) groups is 1. The zero-order valence-electron chi connectivity index (χ0n) is 18.0. The van der Waals surface area contributed by atoms with Crippen molar-refractivity contribution in [2.45, 2.75) is 19.9 Å². The first-order valence-corrected chi connectivity index (χ1v) is 9.99. The van der Waals surface area contributed by atoms with Gasteiger partial charge in [0.1, 0.15) is 17.4 Å². The quantitative estimate of drug-likeness (QED) is 0.478. The molecule has 2 aromatic heterocycles. The van der Waals surface area contributed by atoms with Crippen LogP contribution in [-0.4, -0.2) is 25.3 Å². The molecule has 8 heteroatoms. The van der Waals surface area contributed by atoms with Gasteiger partial charge in [0.05, 0.1) is 25.2 Å². The number of carbonyl (C=O) groups excluding carboxylic acids is 1. The van der Waals surface area contributed by atoms with Crippen molar-refractivity contribution in [2.75, 3.05) is 19.1 Å². The van der Waals surface area contributed by atoms with Crippen molar-refractivity contribution in [1.82, 2.24) is 5.16 Å². The summed E-state index contributed by atoms with van der Waals surface area (Å²) in [6.07, 6.45) is 0. The molecule has 1 amide bonds.